The highest BCUT2D eigenvalue weighted by molar-refractivity contribution is 8.18. The van der Waals surface area contributed by atoms with Crippen LogP contribution in [0.2, 0.25) is 0 Å². The zero-order valence-corrected chi connectivity index (χ0v) is 15.5. The molecule has 0 aliphatic carbocycles. The van der Waals surface area contributed by atoms with Crippen LogP contribution in [0.5, 0.6) is 11.5 Å². The summed E-state index contributed by atoms with van der Waals surface area (Å²) in [7, 11) is 0. The highest BCUT2D eigenvalue weighted by atomic mass is 32.2. The van der Waals surface area contributed by atoms with E-state index in [0.29, 0.717) is 23.1 Å². The van der Waals surface area contributed by atoms with Crippen molar-refractivity contribution in [3.05, 3.63) is 68.6 Å². The summed E-state index contributed by atoms with van der Waals surface area (Å²) in [5, 5.41) is 10.8. The molecular weight excluding hydrogens is 400 g/mol. The molecule has 29 heavy (non-hydrogen) atoms. The maximum atomic E-state index is 12.6. The van der Waals surface area contributed by atoms with Gasteiger partial charge in [-0.2, -0.15) is 0 Å². The Bertz CT molecular complexity index is 1080. The van der Waals surface area contributed by atoms with E-state index in [9.17, 15) is 24.5 Å². The summed E-state index contributed by atoms with van der Waals surface area (Å²) >= 11 is 0.619. The van der Waals surface area contributed by atoms with E-state index < -0.39 is 22.6 Å². The number of nitrogens with zero attached hydrogens (tertiary/aromatic N) is 2. The Morgan fingerprint density at radius 3 is 2.55 bits per heavy atom. The minimum atomic E-state index is -0.684. The molecule has 2 aromatic carbocycles. The number of imide groups is 1. The summed E-state index contributed by atoms with van der Waals surface area (Å²) < 4.78 is 10.4. The van der Waals surface area contributed by atoms with Crippen LogP contribution in [-0.4, -0.2) is 40.1 Å². The Morgan fingerprint density at radius 2 is 1.86 bits per heavy atom. The standard InChI is InChI=1S/C19H12N2O7S/c22-14(11-4-2-1-3-5-11)9-20-18(23)17(29-19(20)24)7-12-6-15-16(28-10-27-15)8-13(12)21(25)26/h1-8H,9-10H2/b17-7-. The number of thioether (sulfide) groups is 1. The zero-order valence-electron chi connectivity index (χ0n) is 14.7. The predicted molar refractivity (Wildman–Crippen MR) is 103 cm³/mol. The number of benzene rings is 2. The lowest BCUT2D eigenvalue weighted by Gasteiger charge is -2.11. The predicted octanol–water partition coefficient (Wildman–Crippen LogP) is 3.24. The zero-order chi connectivity index (χ0) is 20.5. The maximum absolute atomic E-state index is 12.6. The normalized spacial score (nSPS) is 16.6. The minimum absolute atomic E-state index is 0.0159. The fourth-order valence-corrected chi connectivity index (χ4v) is 3.69. The molecule has 0 atom stereocenters. The van der Waals surface area contributed by atoms with E-state index in [1.807, 2.05) is 0 Å². The van der Waals surface area contributed by atoms with Gasteiger partial charge in [0.15, 0.2) is 17.3 Å². The molecule has 2 aliphatic rings. The van der Waals surface area contributed by atoms with Crippen molar-refractivity contribution in [2.75, 3.05) is 13.3 Å². The minimum Gasteiger partial charge on any atom is -0.454 e. The second kappa shape index (κ2) is 7.40. The van der Waals surface area contributed by atoms with Crippen LogP contribution in [0.3, 0.4) is 0 Å². The number of hydrogen-bond donors (Lipinski definition) is 0. The van der Waals surface area contributed by atoms with Crippen LogP contribution in [0.15, 0.2) is 47.4 Å². The molecule has 0 radical (unpaired) electrons. The number of Topliss-reactive ketones (excluding diaryl/α,β-unsaturated/α-hetero) is 1. The van der Waals surface area contributed by atoms with E-state index in [-0.39, 0.29) is 34.5 Å². The van der Waals surface area contributed by atoms with Gasteiger partial charge in [-0.1, -0.05) is 30.3 Å². The third-order valence-electron chi connectivity index (χ3n) is 4.28. The molecule has 0 bridgehead atoms. The number of ketones is 1. The van der Waals surface area contributed by atoms with Crippen LogP contribution < -0.4 is 9.47 Å². The van der Waals surface area contributed by atoms with Gasteiger partial charge in [-0.15, -0.1) is 0 Å². The quantitative estimate of drug-likeness (QED) is 0.318. The van der Waals surface area contributed by atoms with Gasteiger partial charge in [0.05, 0.1) is 28.0 Å². The number of nitro groups is 1. The summed E-state index contributed by atoms with van der Waals surface area (Å²) in [5.74, 6) is -0.532. The third kappa shape index (κ3) is 3.57. The van der Waals surface area contributed by atoms with Crippen molar-refractivity contribution in [1.29, 1.82) is 0 Å². The van der Waals surface area contributed by atoms with E-state index in [0.717, 1.165) is 4.90 Å². The van der Waals surface area contributed by atoms with Gasteiger partial charge >= 0.3 is 0 Å². The molecule has 2 aromatic rings. The topological polar surface area (TPSA) is 116 Å². The fraction of sp³-hybridized carbons (Fsp3) is 0.105. The molecule has 0 unspecified atom stereocenters. The Labute approximate surface area is 168 Å². The molecule has 0 N–H and O–H groups in total. The average Bonchev–Trinajstić information content (AvgIpc) is 3.27. The molecule has 4 rings (SSSR count). The molecule has 2 amide bonds. The van der Waals surface area contributed by atoms with E-state index in [4.69, 9.17) is 9.47 Å². The lowest BCUT2D eigenvalue weighted by atomic mass is 10.1. The molecule has 0 saturated carbocycles. The highest BCUT2D eigenvalue weighted by Gasteiger charge is 2.37. The molecule has 2 aliphatic heterocycles. The molecule has 146 valence electrons. The van der Waals surface area contributed by atoms with Gasteiger partial charge < -0.3 is 9.47 Å². The number of amides is 2. The van der Waals surface area contributed by atoms with Crippen molar-refractivity contribution >= 4 is 40.5 Å². The van der Waals surface area contributed by atoms with Gasteiger partial charge in [0, 0.05) is 5.56 Å². The van der Waals surface area contributed by atoms with Gasteiger partial charge in [-0.3, -0.25) is 29.4 Å². The largest absolute Gasteiger partial charge is 0.454 e. The van der Waals surface area contributed by atoms with Crippen LogP contribution in [0.1, 0.15) is 15.9 Å². The summed E-state index contributed by atoms with van der Waals surface area (Å²) in [5.41, 5.74) is 0.183. The first kappa shape index (κ1) is 18.7. The van der Waals surface area contributed by atoms with Gasteiger partial charge in [0.1, 0.15) is 0 Å². The number of carbonyl (C=O) groups is 3. The molecule has 1 saturated heterocycles. The lowest BCUT2D eigenvalue weighted by molar-refractivity contribution is -0.385. The smallest absolute Gasteiger partial charge is 0.293 e. The van der Waals surface area contributed by atoms with E-state index in [2.05, 4.69) is 0 Å². The molecule has 0 aromatic heterocycles. The van der Waals surface area contributed by atoms with Crippen LogP contribution in [-0.2, 0) is 4.79 Å². The van der Waals surface area contributed by atoms with Gasteiger partial charge in [0.25, 0.3) is 16.8 Å². The van der Waals surface area contributed by atoms with E-state index >= 15 is 0 Å². The van der Waals surface area contributed by atoms with Gasteiger partial charge in [0.2, 0.25) is 6.79 Å². The van der Waals surface area contributed by atoms with Crippen molar-refractivity contribution < 1.29 is 28.8 Å². The molecular formula is C19H12N2O7S. The number of carbonyl (C=O) groups excluding carboxylic acids is 3. The number of nitro benzene ring substituents is 1. The summed E-state index contributed by atoms with van der Waals surface area (Å²) in [6.07, 6.45) is 1.25. The lowest BCUT2D eigenvalue weighted by Crippen LogP contribution is -2.33. The number of ether oxygens (including phenoxy) is 2. The van der Waals surface area contributed by atoms with Crippen LogP contribution in [0.4, 0.5) is 10.5 Å². The van der Waals surface area contributed by atoms with Crippen LogP contribution >= 0.6 is 11.8 Å². The average molecular weight is 412 g/mol. The Hall–Kier alpha value is -3.66. The Kier molecular flexibility index (Phi) is 4.77. The molecule has 2 heterocycles. The number of hydrogen-bond acceptors (Lipinski definition) is 8. The van der Waals surface area contributed by atoms with Crippen molar-refractivity contribution in [1.82, 2.24) is 4.90 Å². The third-order valence-corrected chi connectivity index (χ3v) is 5.18. The second-order valence-electron chi connectivity index (χ2n) is 6.08. The Morgan fingerprint density at radius 1 is 1.17 bits per heavy atom. The van der Waals surface area contributed by atoms with Crippen molar-refractivity contribution in [3.63, 3.8) is 0 Å². The van der Waals surface area contributed by atoms with Gasteiger partial charge in [-0.05, 0) is 23.9 Å². The van der Waals surface area contributed by atoms with Crippen molar-refractivity contribution in [2.45, 2.75) is 0 Å². The van der Waals surface area contributed by atoms with Gasteiger partial charge in [-0.25, -0.2) is 0 Å². The molecule has 0 spiro atoms. The first-order valence-corrected chi connectivity index (χ1v) is 9.17. The summed E-state index contributed by atoms with van der Waals surface area (Å²) in [4.78, 5) is 48.8. The van der Waals surface area contributed by atoms with E-state index in [1.54, 1.807) is 30.3 Å². The summed E-state index contributed by atoms with van der Waals surface area (Å²) in [6.45, 7) is -0.469. The van der Waals surface area contributed by atoms with Crippen LogP contribution in [0, 0.1) is 10.1 Å². The van der Waals surface area contributed by atoms with Crippen LogP contribution in [0.25, 0.3) is 6.08 Å². The number of rotatable bonds is 5. The van der Waals surface area contributed by atoms with Crippen molar-refractivity contribution in [2.24, 2.45) is 0 Å². The monoisotopic (exact) mass is 412 g/mol. The second-order valence-corrected chi connectivity index (χ2v) is 7.07. The molecule has 10 heteroatoms. The molecule has 1 fully saturated rings. The van der Waals surface area contributed by atoms with Crippen molar-refractivity contribution in [3.8, 4) is 11.5 Å². The first-order chi connectivity index (χ1) is 13.9. The SMILES string of the molecule is O=C(CN1C(=O)S/C(=C\c2cc3c(cc2[N+](=O)[O-])OCO3)C1=O)c1ccccc1. The Balaban J connectivity index is 1.61. The summed E-state index contributed by atoms with van der Waals surface area (Å²) in [6, 6.07) is 10.9. The first-order valence-electron chi connectivity index (χ1n) is 8.35. The maximum Gasteiger partial charge on any atom is 0.293 e. The number of fused-ring (bicyclic) bond motifs is 1. The van der Waals surface area contributed by atoms with E-state index in [1.165, 1.54) is 18.2 Å². The fourth-order valence-electron chi connectivity index (χ4n) is 2.86. The highest BCUT2D eigenvalue weighted by Crippen LogP contribution is 2.40. The molecule has 9 nitrogen and oxygen atoms in total.